The minimum absolute atomic E-state index is 0.0632. The third kappa shape index (κ3) is 4.53. The van der Waals surface area contributed by atoms with Crippen LogP contribution in [-0.4, -0.2) is 26.0 Å². The normalized spacial score (nSPS) is 9.96. The molecule has 0 aromatic heterocycles. The van der Waals surface area contributed by atoms with Crippen LogP contribution in [0.4, 0.5) is 4.79 Å². The van der Waals surface area contributed by atoms with E-state index < -0.39 is 18.9 Å². The molecule has 0 saturated heterocycles. The van der Waals surface area contributed by atoms with Crippen molar-refractivity contribution in [1.29, 1.82) is 0 Å². The van der Waals surface area contributed by atoms with Gasteiger partial charge in [0.2, 0.25) is 6.79 Å². The number of halogens is 2. The zero-order chi connectivity index (χ0) is 17.5. The monoisotopic (exact) mass is 370 g/mol. The van der Waals surface area contributed by atoms with Crippen LogP contribution in [0, 0.1) is 0 Å². The summed E-state index contributed by atoms with van der Waals surface area (Å²) in [6.07, 6.45) is -1.02. The number of carbonyl (C=O) groups excluding carboxylic acids is 2. The Bertz CT molecular complexity index is 733. The summed E-state index contributed by atoms with van der Waals surface area (Å²) in [6.45, 7) is -0.656. The molecule has 0 spiro atoms. The minimum atomic E-state index is -1.02. The molecule has 0 heterocycles. The Labute approximate surface area is 147 Å². The SMILES string of the molecule is COc1c(Cl)ccc(Cl)c1C(=O)OCOC(=O)Oc1ccccc1. The van der Waals surface area contributed by atoms with E-state index in [1.54, 1.807) is 30.3 Å². The van der Waals surface area contributed by atoms with Gasteiger partial charge in [0.05, 0.1) is 17.2 Å². The first-order valence-electron chi connectivity index (χ1n) is 6.61. The lowest BCUT2D eigenvalue weighted by Crippen LogP contribution is -2.16. The average molecular weight is 371 g/mol. The van der Waals surface area contributed by atoms with Crippen LogP contribution < -0.4 is 9.47 Å². The van der Waals surface area contributed by atoms with Gasteiger partial charge in [0.25, 0.3) is 0 Å². The summed E-state index contributed by atoms with van der Waals surface area (Å²) in [5.41, 5.74) is -0.0632. The highest BCUT2D eigenvalue weighted by atomic mass is 35.5. The van der Waals surface area contributed by atoms with E-state index in [-0.39, 0.29) is 21.4 Å². The molecule has 0 fully saturated rings. The molecule has 0 radical (unpaired) electrons. The zero-order valence-corrected chi connectivity index (χ0v) is 14.0. The van der Waals surface area contributed by atoms with E-state index >= 15 is 0 Å². The van der Waals surface area contributed by atoms with Crippen molar-refractivity contribution in [3.05, 3.63) is 58.1 Å². The van der Waals surface area contributed by atoms with Crippen LogP contribution in [0.1, 0.15) is 10.4 Å². The van der Waals surface area contributed by atoms with Crippen molar-refractivity contribution >= 4 is 35.3 Å². The van der Waals surface area contributed by atoms with Gasteiger partial charge in [-0.15, -0.1) is 0 Å². The maximum absolute atomic E-state index is 12.1. The first kappa shape index (κ1) is 17.9. The topological polar surface area (TPSA) is 71.1 Å². The van der Waals surface area contributed by atoms with E-state index in [0.717, 1.165) is 0 Å². The molecule has 0 atom stereocenters. The molecule has 0 saturated carbocycles. The smallest absolute Gasteiger partial charge is 0.494 e. The summed E-state index contributed by atoms with van der Waals surface area (Å²) in [5.74, 6) is -0.485. The number of para-hydroxylation sites is 1. The van der Waals surface area contributed by atoms with Crippen molar-refractivity contribution in [3.8, 4) is 11.5 Å². The van der Waals surface area contributed by atoms with Crippen LogP contribution in [0.15, 0.2) is 42.5 Å². The lowest BCUT2D eigenvalue weighted by Gasteiger charge is -2.11. The van der Waals surface area contributed by atoms with Gasteiger partial charge in [-0.1, -0.05) is 41.4 Å². The van der Waals surface area contributed by atoms with Crippen molar-refractivity contribution in [2.45, 2.75) is 0 Å². The van der Waals surface area contributed by atoms with E-state index in [1.165, 1.54) is 19.2 Å². The number of ether oxygens (including phenoxy) is 4. The highest BCUT2D eigenvalue weighted by Gasteiger charge is 2.21. The molecule has 0 aliphatic heterocycles. The van der Waals surface area contributed by atoms with E-state index in [0.29, 0.717) is 5.75 Å². The third-order valence-electron chi connectivity index (χ3n) is 2.78. The van der Waals surface area contributed by atoms with Crippen LogP contribution in [0.25, 0.3) is 0 Å². The fourth-order valence-electron chi connectivity index (χ4n) is 1.74. The molecule has 8 heteroatoms. The molecular formula is C16H12Cl2O6. The largest absolute Gasteiger partial charge is 0.516 e. The predicted molar refractivity (Wildman–Crippen MR) is 86.8 cm³/mol. The molecule has 24 heavy (non-hydrogen) atoms. The molecule has 0 amide bonds. The van der Waals surface area contributed by atoms with Crippen LogP contribution in [0.3, 0.4) is 0 Å². The van der Waals surface area contributed by atoms with Crippen LogP contribution in [0.2, 0.25) is 10.0 Å². The highest BCUT2D eigenvalue weighted by molar-refractivity contribution is 6.37. The van der Waals surface area contributed by atoms with Crippen LogP contribution >= 0.6 is 23.2 Å². The summed E-state index contributed by atoms with van der Waals surface area (Å²) in [5, 5.41) is 0.284. The van der Waals surface area contributed by atoms with Gasteiger partial charge >= 0.3 is 12.1 Å². The number of carbonyl (C=O) groups is 2. The van der Waals surface area contributed by atoms with E-state index in [9.17, 15) is 9.59 Å². The molecule has 0 bridgehead atoms. The van der Waals surface area contributed by atoms with Gasteiger partial charge in [0, 0.05) is 0 Å². The van der Waals surface area contributed by atoms with Gasteiger partial charge < -0.3 is 18.9 Å². The maximum Gasteiger partial charge on any atom is 0.516 e. The molecule has 126 valence electrons. The Morgan fingerprint density at radius 1 is 0.958 bits per heavy atom. The van der Waals surface area contributed by atoms with Gasteiger partial charge in [-0.3, -0.25) is 0 Å². The second kappa shape index (κ2) is 8.42. The number of benzene rings is 2. The molecule has 2 rings (SSSR count). The minimum Gasteiger partial charge on any atom is -0.494 e. The summed E-state index contributed by atoms with van der Waals surface area (Å²) >= 11 is 11.9. The molecular weight excluding hydrogens is 359 g/mol. The Morgan fingerprint density at radius 3 is 2.29 bits per heavy atom. The standard InChI is InChI=1S/C16H12Cl2O6/c1-21-14-12(18)8-7-11(17)13(14)15(19)22-9-23-16(20)24-10-5-3-2-4-6-10/h2-8H,9H2,1H3. The Balaban J connectivity index is 1.92. The quantitative estimate of drug-likeness (QED) is 0.443. The molecule has 2 aromatic rings. The summed E-state index contributed by atoms with van der Waals surface area (Å²) in [7, 11) is 1.34. The van der Waals surface area contributed by atoms with Crippen LogP contribution in [0.5, 0.6) is 11.5 Å². The fourth-order valence-corrected chi connectivity index (χ4v) is 2.20. The van der Waals surface area contributed by atoms with Crippen molar-refractivity contribution < 1.29 is 28.5 Å². The molecule has 0 aliphatic rings. The third-order valence-corrected chi connectivity index (χ3v) is 3.39. The lowest BCUT2D eigenvalue weighted by atomic mass is 10.2. The summed E-state index contributed by atoms with van der Waals surface area (Å²) in [6, 6.07) is 11.2. The zero-order valence-electron chi connectivity index (χ0n) is 12.5. The molecule has 2 aromatic carbocycles. The first-order valence-corrected chi connectivity index (χ1v) is 7.37. The number of rotatable bonds is 5. The number of esters is 1. The van der Waals surface area contributed by atoms with Gasteiger partial charge in [0.1, 0.15) is 11.3 Å². The Hall–Kier alpha value is -2.44. The number of methoxy groups -OCH3 is 1. The lowest BCUT2D eigenvalue weighted by molar-refractivity contribution is -0.0143. The Kier molecular flexibility index (Phi) is 6.28. The number of hydrogen-bond donors (Lipinski definition) is 0. The van der Waals surface area contributed by atoms with E-state index in [1.807, 2.05) is 0 Å². The molecule has 6 nitrogen and oxygen atoms in total. The van der Waals surface area contributed by atoms with Crippen LogP contribution in [-0.2, 0) is 9.47 Å². The predicted octanol–water partition coefficient (Wildman–Crippen LogP) is 4.33. The van der Waals surface area contributed by atoms with E-state index in [4.69, 9.17) is 37.4 Å². The molecule has 0 unspecified atom stereocenters. The van der Waals surface area contributed by atoms with Crippen molar-refractivity contribution in [2.75, 3.05) is 13.9 Å². The molecule has 0 N–H and O–H groups in total. The van der Waals surface area contributed by atoms with Gasteiger partial charge in [0.15, 0.2) is 5.75 Å². The second-order valence-electron chi connectivity index (χ2n) is 4.30. The van der Waals surface area contributed by atoms with Crippen molar-refractivity contribution in [1.82, 2.24) is 0 Å². The van der Waals surface area contributed by atoms with Crippen molar-refractivity contribution in [2.24, 2.45) is 0 Å². The number of hydrogen-bond acceptors (Lipinski definition) is 6. The van der Waals surface area contributed by atoms with E-state index in [2.05, 4.69) is 4.74 Å². The van der Waals surface area contributed by atoms with Gasteiger partial charge in [-0.05, 0) is 24.3 Å². The highest BCUT2D eigenvalue weighted by Crippen LogP contribution is 2.34. The maximum atomic E-state index is 12.1. The summed E-state index contributed by atoms with van der Waals surface area (Å²) < 4.78 is 19.4. The average Bonchev–Trinajstić information content (AvgIpc) is 2.57. The molecule has 0 aliphatic carbocycles. The van der Waals surface area contributed by atoms with Gasteiger partial charge in [-0.2, -0.15) is 0 Å². The van der Waals surface area contributed by atoms with Gasteiger partial charge in [-0.25, -0.2) is 9.59 Å². The fraction of sp³-hybridized carbons (Fsp3) is 0.125. The Morgan fingerprint density at radius 2 is 1.62 bits per heavy atom. The van der Waals surface area contributed by atoms with Crippen molar-refractivity contribution in [3.63, 3.8) is 0 Å². The second-order valence-corrected chi connectivity index (χ2v) is 5.11. The first-order chi connectivity index (χ1) is 11.5. The summed E-state index contributed by atoms with van der Waals surface area (Å²) in [4.78, 5) is 23.5.